The molecule has 0 aliphatic heterocycles. The number of halogens is 1. The predicted molar refractivity (Wildman–Crippen MR) is 81.8 cm³/mol. The molecular formula is C15H23BrN2O. The number of nitrogens with two attached hydrogens (primary N) is 1. The van der Waals surface area contributed by atoms with Crippen LogP contribution in [0.2, 0.25) is 0 Å². The van der Waals surface area contributed by atoms with Gasteiger partial charge in [-0.15, -0.1) is 0 Å². The second-order valence-electron chi connectivity index (χ2n) is 5.38. The van der Waals surface area contributed by atoms with Crippen molar-refractivity contribution in [1.82, 2.24) is 5.43 Å². The quantitative estimate of drug-likeness (QED) is 0.645. The van der Waals surface area contributed by atoms with E-state index in [0.29, 0.717) is 0 Å². The maximum Gasteiger partial charge on any atom is 0.0847 e. The molecule has 0 heterocycles. The summed E-state index contributed by atoms with van der Waals surface area (Å²) in [6, 6.07) is 8.55. The maximum absolute atomic E-state index is 5.88. The zero-order valence-electron chi connectivity index (χ0n) is 11.5. The average Bonchev–Trinajstić information content (AvgIpc) is 2.45. The van der Waals surface area contributed by atoms with Crippen molar-refractivity contribution in [3.63, 3.8) is 0 Å². The molecule has 0 spiro atoms. The molecule has 1 unspecified atom stereocenters. The largest absolute Gasteiger partial charge is 0.377 e. The number of nitrogens with one attached hydrogen (secondary N) is 1. The second-order valence-corrected chi connectivity index (χ2v) is 6.30. The molecule has 106 valence electrons. The van der Waals surface area contributed by atoms with E-state index in [9.17, 15) is 0 Å². The molecular weight excluding hydrogens is 304 g/mol. The van der Waals surface area contributed by atoms with E-state index >= 15 is 0 Å². The summed E-state index contributed by atoms with van der Waals surface area (Å²) in [4.78, 5) is 0. The fourth-order valence-corrected chi connectivity index (χ4v) is 3.59. The minimum Gasteiger partial charge on any atom is -0.377 e. The van der Waals surface area contributed by atoms with Crippen molar-refractivity contribution in [2.45, 2.75) is 50.2 Å². The summed E-state index contributed by atoms with van der Waals surface area (Å²) in [5, 5.41) is 0. The van der Waals surface area contributed by atoms with Gasteiger partial charge in [0.05, 0.1) is 11.6 Å². The second kappa shape index (κ2) is 6.84. The first-order valence-corrected chi connectivity index (χ1v) is 7.75. The minimum atomic E-state index is -0.116. The van der Waals surface area contributed by atoms with Crippen molar-refractivity contribution in [1.29, 1.82) is 0 Å². The average molecular weight is 327 g/mol. The van der Waals surface area contributed by atoms with Gasteiger partial charge in [0, 0.05) is 11.6 Å². The summed E-state index contributed by atoms with van der Waals surface area (Å²) in [7, 11) is 1.82. The minimum absolute atomic E-state index is 0.116. The fraction of sp³-hybridized carbons (Fsp3) is 0.600. The molecule has 1 aromatic rings. The van der Waals surface area contributed by atoms with Gasteiger partial charge in [0.1, 0.15) is 0 Å². The molecule has 1 aliphatic rings. The standard InChI is InChI=1S/C15H23BrN2O/c1-19-15(8-3-2-4-9-15)14(18-17)11-12-6-5-7-13(16)10-12/h5-7,10,14,18H,2-4,8-9,11,17H2,1H3. The van der Waals surface area contributed by atoms with Crippen LogP contribution in [-0.2, 0) is 11.2 Å². The number of hydrogen-bond donors (Lipinski definition) is 2. The zero-order valence-corrected chi connectivity index (χ0v) is 13.1. The highest BCUT2D eigenvalue weighted by atomic mass is 79.9. The van der Waals surface area contributed by atoms with Crippen LogP contribution in [0.3, 0.4) is 0 Å². The summed E-state index contributed by atoms with van der Waals surface area (Å²) in [6.07, 6.45) is 6.83. The highest BCUT2D eigenvalue weighted by Crippen LogP contribution is 2.35. The third-order valence-electron chi connectivity index (χ3n) is 4.27. The summed E-state index contributed by atoms with van der Waals surface area (Å²) in [6.45, 7) is 0. The Labute approximate surface area is 124 Å². The van der Waals surface area contributed by atoms with E-state index in [2.05, 4.69) is 39.6 Å². The molecule has 1 saturated carbocycles. The molecule has 1 atom stereocenters. The first-order valence-electron chi connectivity index (χ1n) is 6.96. The molecule has 4 heteroatoms. The lowest BCUT2D eigenvalue weighted by atomic mass is 9.77. The smallest absolute Gasteiger partial charge is 0.0847 e. The van der Waals surface area contributed by atoms with Gasteiger partial charge in [0.15, 0.2) is 0 Å². The fourth-order valence-electron chi connectivity index (χ4n) is 3.14. The molecule has 3 nitrogen and oxygen atoms in total. The van der Waals surface area contributed by atoms with Gasteiger partial charge in [-0.25, -0.2) is 0 Å². The van der Waals surface area contributed by atoms with E-state index in [1.807, 2.05) is 13.2 Å². The lowest BCUT2D eigenvalue weighted by Gasteiger charge is -2.42. The SMILES string of the molecule is COC1(C(Cc2cccc(Br)c2)NN)CCCCC1. The maximum atomic E-state index is 5.88. The first-order chi connectivity index (χ1) is 9.20. The van der Waals surface area contributed by atoms with E-state index in [1.165, 1.54) is 24.8 Å². The number of rotatable bonds is 5. The number of hydrazine groups is 1. The van der Waals surface area contributed by atoms with E-state index in [1.54, 1.807) is 0 Å². The Morgan fingerprint density at radius 2 is 2.11 bits per heavy atom. The lowest BCUT2D eigenvalue weighted by molar-refractivity contribution is -0.0673. The van der Waals surface area contributed by atoms with Gasteiger partial charge >= 0.3 is 0 Å². The molecule has 2 rings (SSSR count). The monoisotopic (exact) mass is 326 g/mol. The molecule has 0 amide bonds. The van der Waals surface area contributed by atoms with Gasteiger partial charge in [-0.3, -0.25) is 11.3 Å². The van der Waals surface area contributed by atoms with Gasteiger partial charge in [0.25, 0.3) is 0 Å². The van der Waals surface area contributed by atoms with Crippen molar-refractivity contribution >= 4 is 15.9 Å². The summed E-state index contributed by atoms with van der Waals surface area (Å²) >= 11 is 3.52. The Hall–Kier alpha value is -0.420. The Kier molecular flexibility index (Phi) is 5.39. The van der Waals surface area contributed by atoms with E-state index in [4.69, 9.17) is 10.6 Å². The number of benzene rings is 1. The molecule has 1 aliphatic carbocycles. The van der Waals surface area contributed by atoms with E-state index in [-0.39, 0.29) is 11.6 Å². The van der Waals surface area contributed by atoms with Gasteiger partial charge in [-0.2, -0.15) is 0 Å². The van der Waals surface area contributed by atoms with Crippen LogP contribution in [-0.4, -0.2) is 18.8 Å². The van der Waals surface area contributed by atoms with Gasteiger partial charge in [-0.05, 0) is 37.0 Å². The zero-order chi connectivity index (χ0) is 13.7. The van der Waals surface area contributed by atoms with Crippen molar-refractivity contribution in [2.75, 3.05) is 7.11 Å². The van der Waals surface area contributed by atoms with Crippen LogP contribution in [0.15, 0.2) is 28.7 Å². The lowest BCUT2D eigenvalue weighted by Crippen LogP contribution is -2.56. The Balaban J connectivity index is 2.14. The molecule has 1 fully saturated rings. The summed E-state index contributed by atoms with van der Waals surface area (Å²) < 4.78 is 6.99. The highest BCUT2D eigenvalue weighted by molar-refractivity contribution is 9.10. The third kappa shape index (κ3) is 3.57. The molecule has 0 saturated heterocycles. The molecule has 0 aromatic heterocycles. The third-order valence-corrected chi connectivity index (χ3v) is 4.76. The van der Waals surface area contributed by atoms with Crippen LogP contribution in [0.5, 0.6) is 0 Å². The summed E-state index contributed by atoms with van der Waals surface area (Å²) in [5.74, 6) is 5.81. The highest BCUT2D eigenvalue weighted by Gasteiger charge is 2.39. The summed E-state index contributed by atoms with van der Waals surface area (Å²) in [5.41, 5.74) is 4.15. The Bertz CT molecular complexity index is 405. The Morgan fingerprint density at radius 1 is 1.37 bits per heavy atom. The van der Waals surface area contributed by atoms with Crippen LogP contribution >= 0.6 is 15.9 Å². The van der Waals surface area contributed by atoms with Gasteiger partial charge in [0.2, 0.25) is 0 Å². The Morgan fingerprint density at radius 3 is 2.68 bits per heavy atom. The molecule has 1 aromatic carbocycles. The molecule has 19 heavy (non-hydrogen) atoms. The van der Waals surface area contributed by atoms with Crippen molar-refractivity contribution in [3.8, 4) is 0 Å². The molecule has 0 bridgehead atoms. The van der Waals surface area contributed by atoms with Crippen LogP contribution in [0.4, 0.5) is 0 Å². The van der Waals surface area contributed by atoms with E-state index < -0.39 is 0 Å². The number of methoxy groups -OCH3 is 1. The van der Waals surface area contributed by atoms with Crippen molar-refractivity contribution < 1.29 is 4.74 Å². The van der Waals surface area contributed by atoms with Crippen LogP contribution in [0.25, 0.3) is 0 Å². The van der Waals surface area contributed by atoms with E-state index in [0.717, 1.165) is 23.7 Å². The molecule has 0 radical (unpaired) electrons. The van der Waals surface area contributed by atoms with Gasteiger partial charge in [-0.1, -0.05) is 47.3 Å². The molecule has 3 N–H and O–H groups in total. The van der Waals surface area contributed by atoms with Crippen LogP contribution in [0, 0.1) is 0 Å². The van der Waals surface area contributed by atoms with Crippen LogP contribution in [0.1, 0.15) is 37.7 Å². The topological polar surface area (TPSA) is 47.3 Å². The first kappa shape index (κ1) is 15.0. The van der Waals surface area contributed by atoms with Crippen molar-refractivity contribution in [3.05, 3.63) is 34.3 Å². The number of ether oxygens (including phenoxy) is 1. The number of hydrogen-bond acceptors (Lipinski definition) is 3. The predicted octanol–water partition coefficient (Wildman–Crippen LogP) is 3.17. The van der Waals surface area contributed by atoms with Crippen molar-refractivity contribution in [2.24, 2.45) is 5.84 Å². The van der Waals surface area contributed by atoms with Crippen LogP contribution < -0.4 is 11.3 Å². The normalized spacial score (nSPS) is 20.2. The van der Waals surface area contributed by atoms with Gasteiger partial charge < -0.3 is 4.74 Å².